The lowest BCUT2D eigenvalue weighted by atomic mass is 9.88. The molecule has 3 aromatic rings. The zero-order valence-electron chi connectivity index (χ0n) is 15.1. The van der Waals surface area contributed by atoms with Gasteiger partial charge in [0.2, 0.25) is 5.91 Å². The summed E-state index contributed by atoms with van der Waals surface area (Å²) in [6, 6.07) is 24.7. The highest BCUT2D eigenvalue weighted by molar-refractivity contribution is 5.91. The van der Waals surface area contributed by atoms with Gasteiger partial charge in [-0.1, -0.05) is 60.7 Å². The second-order valence-corrected chi connectivity index (χ2v) is 6.98. The smallest absolute Gasteiger partial charge is 0.225 e. The fourth-order valence-electron chi connectivity index (χ4n) is 3.19. The maximum Gasteiger partial charge on any atom is 0.225 e. The number of carbonyl (C=O) groups excluding carboxylic acids is 1. The molecule has 2 N–H and O–H groups in total. The van der Waals surface area contributed by atoms with Crippen molar-refractivity contribution in [3.8, 4) is 0 Å². The Bertz CT molecular complexity index is 835. The van der Waals surface area contributed by atoms with E-state index < -0.39 is 0 Å². The highest BCUT2D eigenvalue weighted by Gasteiger charge is 2.21. The van der Waals surface area contributed by atoms with E-state index in [2.05, 4.69) is 39.9 Å². The third-order valence-electron chi connectivity index (χ3n) is 4.77. The van der Waals surface area contributed by atoms with Crippen molar-refractivity contribution in [2.24, 2.45) is 0 Å². The maximum atomic E-state index is 12.7. The zero-order valence-corrected chi connectivity index (χ0v) is 15.1. The zero-order chi connectivity index (χ0) is 18.5. The Hall–Kier alpha value is -3.14. The van der Waals surface area contributed by atoms with Crippen LogP contribution in [0.15, 0.2) is 79.0 Å². The average Bonchev–Trinajstić information content (AvgIpc) is 3.53. The standard InChI is InChI=1S/C23H23N3O/c27-23(26-20-13-14-22(24-16-20)25-19-11-12-19)15-21(17-7-3-1-4-8-17)18-9-5-2-6-10-18/h1-10,13-14,16,19,21H,11-12,15H2,(H,24,25)(H,26,27). The molecule has 0 radical (unpaired) electrons. The highest BCUT2D eigenvalue weighted by atomic mass is 16.1. The van der Waals surface area contributed by atoms with E-state index in [-0.39, 0.29) is 11.8 Å². The number of nitrogens with one attached hydrogen (secondary N) is 2. The molecule has 1 saturated carbocycles. The molecule has 2 aromatic carbocycles. The van der Waals surface area contributed by atoms with E-state index in [1.807, 2.05) is 48.5 Å². The molecule has 1 aliphatic carbocycles. The second-order valence-electron chi connectivity index (χ2n) is 6.98. The van der Waals surface area contributed by atoms with Crippen molar-refractivity contribution < 1.29 is 4.79 Å². The van der Waals surface area contributed by atoms with Crippen molar-refractivity contribution in [2.45, 2.75) is 31.2 Å². The molecule has 0 saturated heterocycles. The molecular formula is C23H23N3O. The Morgan fingerprint density at radius 2 is 1.56 bits per heavy atom. The van der Waals surface area contributed by atoms with Gasteiger partial charge in [0.25, 0.3) is 0 Å². The van der Waals surface area contributed by atoms with Crippen molar-refractivity contribution in [2.75, 3.05) is 10.6 Å². The summed E-state index contributed by atoms with van der Waals surface area (Å²) in [7, 11) is 0. The van der Waals surface area contributed by atoms with Gasteiger partial charge in [0, 0.05) is 18.4 Å². The van der Waals surface area contributed by atoms with E-state index in [1.165, 1.54) is 12.8 Å². The first kappa shape index (κ1) is 17.3. The van der Waals surface area contributed by atoms with Gasteiger partial charge in [0.15, 0.2) is 0 Å². The Morgan fingerprint density at radius 3 is 2.07 bits per heavy atom. The summed E-state index contributed by atoms with van der Waals surface area (Å²) in [5.41, 5.74) is 3.00. The fraction of sp³-hybridized carbons (Fsp3) is 0.217. The number of aromatic nitrogens is 1. The number of amides is 1. The van der Waals surface area contributed by atoms with Gasteiger partial charge >= 0.3 is 0 Å². The largest absolute Gasteiger partial charge is 0.367 e. The monoisotopic (exact) mass is 357 g/mol. The van der Waals surface area contributed by atoms with Crippen molar-refractivity contribution >= 4 is 17.4 Å². The predicted octanol–water partition coefficient (Wildman–Crippen LogP) is 4.82. The van der Waals surface area contributed by atoms with Crippen molar-refractivity contribution in [1.29, 1.82) is 0 Å². The molecule has 1 aromatic heterocycles. The van der Waals surface area contributed by atoms with Crippen molar-refractivity contribution in [1.82, 2.24) is 4.98 Å². The van der Waals surface area contributed by atoms with E-state index in [9.17, 15) is 4.79 Å². The van der Waals surface area contributed by atoms with E-state index in [4.69, 9.17) is 0 Å². The van der Waals surface area contributed by atoms with E-state index in [1.54, 1.807) is 6.20 Å². The van der Waals surface area contributed by atoms with Gasteiger partial charge < -0.3 is 10.6 Å². The number of nitrogens with zero attached hydrogens (tertiary/aromatic N) is 1. The Labute approximate surface area is 159 Å². The lowest BCUT2D eigenvalue weighted by Gasteiger charge is -2.18. The Morgan fingerprint density at radius 1 is 0.926 bits per heavy atom. The number of carbonyl (C=O) groups is 1. The molecular weight excluding hydrogens is 334 g/mol. The molecule has 4 rings (SSSR count). The van der Waals surface area contributed by atoms with E-state index >= 15 is 0 Å². The maximum absolute atomic E-state index is 12.7. The molecule has 4 nitrogen and oxygen atoms in total. The van der Waals surface area contributed by atoms with Crippen LogP contribution in [0.2, 0.25) is 0 Å². The third-order valence-corrected chi connectivity index (χ3v) is 4.77. The van der Waals surface area contributed by atoms with Gasteiger partial charge in [-0.2, -0.15) is 0 Å². The first-order chi connectivity index (χ1) is 13.3. The van der Waals surface area contributed by atoms with Crippen LogP contribution in [0.5, 0.6) is 0 Å². The summed E-state index contributed by atoms with van der Waals surface area (Å²) in [6.07, 6.45) is 4.51. The summed E-state index contributed by atoms with van der Waals surface area (Å²) in [5, 5.41) is 6.33. The topological polar surface area (TPSA) is 54.0 Å². The molecule has 0 aliphatic heterocycles. The molecule has 4 heteroatoms. The summed E-state index contributed by atoms with van der Waals surface area (Å²) in [5.74, 6) is 0.871. The van der Waals surface area contributed by atoms with Crippen molar-refractivity contribution in [3.63, 3.8) is 0 Å². The van der Waals surface area contributed by atoms with Crippen molar-refractivity contribution in [3.05, 3.63) is 90.1 Å². The number of anilines is 2. The quantitative estimate of drug-likeness (QED) is 0.637. The van der Waals surface area contributed by atoms with Gasteiger partial charge in [-0.15, -0.1) is 0 Å². The van der Waals surface area contributed by atoms with E-state index in [0.717, 1.165) is 22.6 Å². The van der Waals surface area contributed by atoms with Crippen LogP contribution in [0.25, 0.3) is 0 Å². The summed E-state index contributed by atoms with van der Waals surface area (Å²) in [4.78, 5) is 17.1. The van der Waals surface area contributed by atoms with Gasteiger partial charge in [0.05, 0.1) is 11.9 Å². The Kier molecular flexibility index (Phi) is 5.15. The molecule has 27 heavy (non-hydrogen) atoms. The van der Waals surface area contributed by atoms with Crippen LogP contribution < -0.4 is 10.6 Å². The molecule has 0 unspecified atom stereocenters. The number of rotatable bonds is 7. The molecule has 1 aliphatic rings. The lowest BCUT2D eigenvalue weighted by Crippen LogP contribution is -2.16. The van der Waals surface area contributed by atoms with Crippen LogP contribution in [-0.4, -0.2) is 16.9 Å². The number of hydrogen-bond donors (Lipinski definition) is 2. The van der Waals surface area contributed by atoms with Gasteiger partial charge in [-0.25, -0.2) is 4.98 Å². The van der Waals surface area contributed by atoms with Gasteiger partial charge in [0.1, 0.15) is 5.82 Å². The fourth-order valence-corrected chi connectivity index (χ4v) is 3.19. The first-order valence-electron chi connectivity index (χ1n) is 9.40. The molecule has 1 fully saturated rings. The SMILES string of the molecule is O=C(CC(c1ccccc1)c1ccccc1)Nc1ccc(NC2CC2)nc1. The average molecular weight is 357 g/mol. The lowest BCUT2D eigenvalue weighted by molar-refractivity contribution is -0.116. The van der Waals surface area contributed by atoms with Crippen LogP contribution in [0.1, 0.15) is 36.3 Å². The predicted molar refractivity (Wildman–Crippen MR) is 109 cm³/mol. The number of hydrogen-bond acceptors (Lipinski definition) is 3. The third kappa shape index (κ3) is 4.73. The summed E-state index contributed by atoms with van der Waals surface area (Å²) in [6.45, 7) is 0. The Balaban J connectivity index is 1.45. The summed E-state index contributed by atoms with van der Waals surface area (Å²) >= 11 is 0. The summed E-state index contributed by atoms with van der Waals surface area (Å²) < 4.78 is 0. The first-order valence-corrected chi connectivity index (χ1v) is 9.40. The molecule has 1 amide bonds. The van der Waals surface area contributed by atoms with Gasteiger partial charge in [-0.05, 0) is 36.1 Å². The van der Waals surface area contributed by atoms with Crippen LogP contribution in [-0.2, 0) is 4.79 Å². The molecule has 136 valence electrons. The molecule has 1 heterocycles. The highest BCUT2D eigenvalue weighted by Crippen LogP contribution is 2.28. The minimum absolute atomic E-state index is 0.0163. The van der Waals surface area contributed by atoms with E-state index in [0.29, 0.717) is 12.5 Å². The van der Waals surface area contributed by atoms with Crippen LogP contribution in [0, 0.1) is 0 Å². The van der Waals surface area contributed by atoms with Gasteiger partial charge in [-0.3, -0.25) is 4.79 Å². The van der Waals surface area contributed by atoms with Crippen LogP contribution in [0.4, 0.5) is 11.5 Å². The van der Waals surface area contributed by atoms with Crippen LogP contribution in [0.3, 0.4) is 0 Å². The molecule has 0 atom stereocenters. The van der Waals surface area contributed by atoms with Crippen LogP contribution >= 0.6 is 0 Å². The second kappa shape index (κ2) is 8.04. The number of pyridine rings is 1. The molecule has 0 bridgehead atoms. The normalized spacial score (nSPS) is 13.4. The molecule has 0 spiro atoms. The minimum Gasteiger partial charge on any atom is -0.367 e. The number of benzene rings is 2. The minimum atomic E-state index is -0.0163.